The summed E-state index contributed by atoms with van der Waals surface area (Å²) in [4.78, 5) is 2.16. The minimum Gasteiger partial charge on any atom is -0.306 e. The Morgan fingerprint density at radius 3 is 2.47 bits per heavy atom. The maximum atomic E-state index is 14.1. The zero-order valence-corrected chi connectivity index (χ0v) is 12.1. The van der Waals surface area contributed by atoms with E-state index in [1.807, 2.05) is 26.0 Å². The van der Waals surface area contributed by atoms with Gasteiger partial charge in [-0.15, -0.1) is 11.3 Å². The molecule has 1 aromatic carbocycles. The molecule has 0 fully saturated rings. The molecule has 0 spiro atoms. The number of halogens is 2. The molecule has 1 unspecified atom stereocenters. The van der Waals surface area contributed by atoms with E-state index in [2.05, 4.69) is 5.32 Å². The molecule has 1 aromatic heterocycles. The second kappa shape index (κ2) is 5.80. The van der Waals surface area contributed by atoms with Crippen molar-refractivity contribution in [1.29, 1.82) is 0 Å². The first-order valence-corrected chi connectivity index (χ1v) is 7.09. The number of nitrogens with one attached hydrogen (secondary N) is 1. The third-order valence-corrected chi connectivity index (χ3v) is 4.11. The molecule has 1 atom stereocenters. The summed E-state index contributed by atoms with van der Waals surface area (Å²) in [5.74, 6) is -0.733. The summed E-state index contributed by atoms with van der Waals surface area (Å²) < 4.78 is 27.8. The highest BCUT2D eigenvalue weighted by molar-refractivity contribution is 7.12. The molecule has 0 aliphatic carbocycles. The molecule has 0 radical (unpaired) electrons. The second-order valence-corrected chi connectivity index (χ2v) is 5.88. The second-order valence-electron chi connectivity index (χ2n) is 4.56. The van der Waals surface area contributed by atoms with Gasteiger partial charge in [0.1, 0.15) is 11.6 Å². The minimum absolute atomic E-state index is 0.293. The molecule has 1 N–H and O–H groups in total. The van der Waals surface area contributed by atoms with Gasteiger partial charge in [-0.1, -0.05) is 6.92 Å². The van der Waals surface area contributed by atoms with Crippen molar-refractivity contribution in [3.8, 4) is 0 Å². The molecular weight excluding hydrogens is 264 g/mol. The first-order valence-electron chi connectivity index (χ1n) is 6.28. The fourth-order valence-corrected chi connectivity index (χ4v) is 3.03. The Bertz CT molecular complexity index is 578. The summed E-state index contributed by atoms with van der Waals surface area (Å²) in [6, 6.07) is 6.22. The van der Waals surface area contributed by atoms with Crippen molar-refractivity contribution in [2.45, 2.75) is 26.8 Å². The summed E-state index contributed by atoms with van der Waals surface area (Å²) in [5, 5.41) is 3.22. The Morgan fingerprint density at radius 2 is 1.89 bits per heavy atom. The summed E-state index contributed by atoms with van der Waals surface area (Å²) in [6.45, 7) is 6.22. The average molecular weight is 281 g/mol. The molecule has 4 heteroatoms. The number of thiophene rings is 1. The van der Waals surface area contributed by atoms with E-state index in [-0.39, 0.29) is 17.7 Å². The monoisotopic (exact) mass is 281 g/mol. The van der Waals surface area contributed by atoms with Crippen LogP contribution in [0.15, 0.2) is 24.3 Å². The molecule has 102 valence electrons. The van der Waals surface area contributed by atoms with E-state index in [4.69, 9.17) is 0 Å². The van der Waals surface area contributed by atoms with E-state index in [1.54, 1.807) is 18.3 Å². The quantitative estimate of drug-likeness (QED) is 0.879. The third kappa shape index (κ3) is 3.01. The predicted octanol–water partition coefficient (Wildman–Crippen LogP) is 4.34. The van der Waals surface area contributed by atoms with Crippen LogP contribution in [0, 0.1) is 25.5 Å². The van der Waals surface area contributed by atoms with Crippen molar-refractivity contribution < 1.29 is 8.78 Å². The lowest BCUT2D eigenvalue weighted by Crippen LogP contribution is -2.22. The van der Waals surface area contributed by atoms with Crippen LogP contribution in [0.25, 0.3) is 0 Å². The van der Waals surface area contributed by atoms with Gasteiger partial charge in [0.05, 0.1) is 6.04 Å². The van der Waals surface area contributed by atoms with Crippen LogP contribution in [0.5, 0.6) is 0 Å². The van der Waals surface area contributed by atoms with Crippen LogP contribution in [0.2, 0.25) is 0 Å². The average Bonchev–Trinajstić information content (AvgIpc) is 2.78. The standard InChI is InChI=1S/C15H17F2NS/c1-4-18-15(14-6-5-10(3)19-14)11-8-12(16)9(2)7-13(11)17/h5-8,15,18H,4H2,1-3H3. The molecule has 1 nitrogen and oxygen atoms in total. The topological polar surface area (TPSA) is 12.0 Å². The summed E-state index contributed by atoms with van der Waals surface area (Å²) >= 11 is 1.60. The van der Waals surface area contributed by atoms with Gasteiger partial charge in [0.25, 0.3) is 0 Å². The summed E-state index contributed by atoms with van der Waals surface area (Å²) in [7, 11) is 0. The molecule has 0 aliphatic rings. The highest BCUT2D eigenvalue weighted by Crippen LogP contribution is 2.30. The maximum absolute atomic E-state index is 14.1. The van der Waals surface area contributed by atoms with Gasteiger partial charge in [-0.2, -0.15) is 0 Å². The molecule has 2 aromatic rings. The van der Waals surface area contributed by atoms with Gasteiger partial charge < -0.3 is 5.32 Å². The van der Waals surface area contributed by atoms with Crippen molar-refractivity contribution in [2.75, 3.05) is 6.54 Å². The number of hydrogen-bond donors (Lipinski definition) is 1. The van der Waals surface area contributed by atoms with Crippen LogP contribution in [0.3, 0.4) is 0 Å². The third-order valence-electron chi connectivity index (χ3n) is 3.04. The molecular formula is C15H17F2NS. The Morgan fingerprint density at radius 1 is 1.16 bits per heavy atom. The van der Waals surface area contributed by atoms with Gasteiger partial charge in [-0.25, -0.2) is 8.78 Å². The number of hydrogen-bond acceptors (Lipinski definition) is 2. The van der Waals surface area contributed by atoms with Gasteiger partial charge in [0.2, 0.25) is 0 Å². The number of rotatable bonds is 4. The zero-order valence-electron chi connectivity index (χ0n) is 11.3. The van der Waals surface area contributed by atoms with Gasteiger partial charge in [0.15, 0.2) is 0 Å². The van der Waals surface area contributed by atoms with Gasteiger partial charge in [0, 0.05) is 15.3 Å². The van der Waals surface area contributed by atoms with Crippen LogP contribution in [0.4, 0.5) is 8.78 Å². The van der Waals surface area contributed by atoms with Crippen molar-refractivity contribution >= 4 is 11.3 Å². The van der Waals surface area contributed by atoms with E-state index in [0.29, 0.717) is 17.7 Å². The van der Waals surface area contributed by atoms with Gasteiger partial charge in [-0.05, 0) is 50.2 Å². The Kier molecular flexibility index (Phi) is 4.32. The fraction of sp³-hybridized carbons (Fsp3) is 0.333. The number of benzene rings is 1. The van der Waals surface area contributed by atoms with E-state index in [9.17, 15) is 8.78 Å². The van der Waals surface area contributed by atoms with Crippen LogP contribution in [-0.4, -0.2) is 6.54 Å². The molecule has 0 bridgehead atoms. The smallest absolute Gasteiger partial charge is 0.128 e. The summed E-state index contributed by atoms with van der Waals surface area (Å²) in [5.41, 5.74) is 0.700. The SMILES string of the molecule is CCNC(c1ccc(C)s1)c1cc(F)c(C)cc1F. The van der Waals surface area contributed by atoms with Crippen LogP contribution < -0.4 is 5.32 Å². The lowest BCUT2D eigenvalue weighted by molar-refractivity contribution is 0.544. The lowest BCUT2D eigenvalue weighted by Gasteiger charge is -2.18. The van der Waals surface area contributed by atoms with E-state index >= 15 is 0 Å². The Balaban J connectivity index is 2.47. The van der Waals surface area contributed by atoms with Crippen molar-refractivity contribution in [1.82, 2.24) is 5.32 Å². The lowest BCUT2D eigenvalue weighted by atomic mass is 10.0. The normalized spacial score (nSPS) is 12.7. The van der Waals surface area contributed by atoms with E-state index in [1.165, 1.54) is 12.1 Å². The van der Waals surface area contributed by atoms with Crippen molar-refractivity contribution in [2.24, 2.45) is 0 Å². The molecule has 1 heterocycles. The molecule has 0 saturated heterocycles. The Hall–Kier alpha value is -1.26. The van der Waals surface area contributed by atoms with Gasteiger partial charge >= 0.3 is 0 Å². The van der Waals surface area contributed by atoms with Crippen LogP contribution in [0.1, 0.15) is 33.8 Å². The predicted molar refractivity (Wildman–Crippen MR) is 75.7 cm³/mol. The minimum atomic E-state index is -0.368. The van der Waals surface area contributed by atoms with E-state index in [0.717, 1.165) is 9.75 Å². The highest BCUT2D eigenvalue weighted by Gasteiger charge is 2.20. The van der Waals surface area contributed by atoms with Gasteiger partial charge in [-0.3, -0.25) is 0 Å². The fourth-order valence-electron chi connectivity index (χ4n) is 2.06. The zero-order chi connectivity index (χ0) is 14.0. The largest absolute Gasteiger partial charge is 0.306 e. The van der Waals surface area contributed by atoms with Crippen LogP contribution >= 0.6 is 11.3 Å². The van der Waals surface area contributed by atoms with Crippen molar-refractivity contribution in [3.63, 3.8) is 0 Å². The van der Waals surface area contributed by atoms with E-state index < -0.39 is 0 Å². The molecule has 19 heavy (non-hydrogen) atoms. The molecule has 0 saturated carbocycles. The molecule has 0 aliphatic heterocycles. The first kappa shape index (κ1) is 14.2. The maximum Gasteiger partial charge on any atom is 0.128 e. The first-order chi connectivity index (χ1) is 9.02. The van der Waals surface area contributed by atoms with Crippen molar-refractivity contribution in [3.05, 3.63) is 56.8 Å². The highest BCUT2D eigenvalue weighted by atomic mass is 32.1. The summed E-state index contributed by atoms with van der Waals surface area (Å²) in [6.07, 6.45) is 0. The molecule has 0 amide bonds. The number of aryl methyl sites for hydroxylation is 2. The van der Waals surface area contributed by atoms with Crippen LogP contribution in [-0.2, 0) is 0 Å². The molecule has 2 rings (SSSR count). The Labute approximate surface area is 116 Å².